The van der Waals surface area contributed by atoms with Crippen LogP contribution in [-0.2, 0) is 13.2 Å². The lowest BCUT2D eigenvalue weighted by Crippen LogP contribution is -2.06. The van der Waals surface area contributed by atoms with Gasteiger partial charge in [-0.2, -0.15) is 5.10 Å². The Morgan fingerprint density at radius 3 is 2.72 bits per heavy atom. The third kappa shape index (κ3) is 2.64. The Morgan fingerprint density at radius 1 is 1.28 bits per heavy atom. The van der Waals surface area contributed by atoms with Crippen molar-refractivity contribution in [2.24, 2.45) is 0 Å². The molecule has 2 aromatic rings. The summed E-state index contributed by atoms with van der Waals surface area (Å²) in [7, 11) is 0. The van der Waals surface area contributed by atoms with Crippen LogP contribution in [0.1, 0.15) is 23.9 Å². The Balaban J connectivity index is 2.11. The van der Waals surface area contributed by atoms with Crippen LogP contribution in [-0.4, -0.2) is 9.78 Å². The Bertz CT molecular complexity index is 546. The number of ether oxygens (including phenoxy) is 1. The van der Waals surface area contributed by atoms with Crippen molar-refractivity contribution in [3.05, 3.63) is 41.2 Å². The maximum Gasteiger partial charge on any atom is 0.130 e. The second-order valence-corrected chi connectivity index (χ2v) is 4.41. The van der Waals surface area contributed by atoms with Crippen LogP contribution >= 0.6 is 0 Å². The van der Waals surface area contributed by atoms with Gasteiger partial charge in [0.05, 0.1) is 11.4 Å². The first-order chi connectivity index (χ1) is 8.60. The summed E-state index contributed by atoms with van der Waals surface area (Å²) in [5.74, 6) is 0.866. The van der Waals surface area contributed by atoms with Gasteiger partial charge in [0.25, 0.3) is 0 Å². The Kier molecular flexibility index (Phi) is 3.55. The number of nitrogens with zero attached hydrogens (tertiary/aromatic N) is 2. The fourth-order valence-electron chi connectivity index (χ4n) is 1.98. The van der Waals surface area contributed by atoms with Gasteiger partial charge < -0.3 is 10.5 Å². The minimum absolute atomic E-state index is 0.527. The van der Waals surface area contributed by atoms with Crippen LogP contribution in [0, 0.1) is 13.8 Å². The molecule has 1 aromatic carbocycles. The van der Waals surface area contributed by atoms with E-state index in [2.05, 4.69) is 18.1 Å². The highest BCUT2D eigenvalue weighted by molar-refractivity contribution is 5.47. The van der Waals surface area contributed by atoms with Crippen LogP contribution in [0.25, 0.3) is 0 Å². The van der Waals surface area contributed by atoms with E-state index in [0.717, 1.165) is 34.9 Å². The van der Waals surface area contributed by atoms with Crippen LogP contribution < -0.4 is 10.5 Å². The summed E-state index contributed by atoms with van der Waals surface area (Å²) in [6.45, 7) is 7.44. The first-order valence-electron chi connectivity index (χ1n) is 6.12. The summed E-state index contributed by atoms with van der Waals surface area (Å²) in [6, 6.07) is 7.72. The lowest BCUT2D eigenvalue weighted by Gasteiger charge is -2.10. The molecule has 0 aliphatic rings. The molecule has 0 unspecified atom stereocenters. The van der Waals surface area contributed by atoms with Crippen LogP contribution in [0.5, 0.6) is 5.75 Å². The van der Waals surface area contributed by atoms with Crippen LogP contribution in [0.2, 0.25) is 0 Å². The number of benzene rings is 1. The number of rotatable bonds is 4. The van der Waals surface area contributed by atoms with Gasteiger partial charge in [0.15, 0.2) is 0 Å². The average molecular weight is 245 g/mol. The number of aromatic nitrogens is 2. The van der Waals surface area contributed by atoms with Gasteiger partial charge in [-0.25, -0.2) is 0 Å². The number of hydrogen-bond acceptors (Lipinski definition) is 3. The van der Waals surface area contributed by atoms with Crippen molar-refractivity contribution < 1.29 is 4.74 Å². The molecule has 1 aromatic heterocycles. The van der Waals surface area contributed by atoms with Gasteiger partial charge in [0, 0.05) is 12.2 Å². The minimum atomic E-state index is 0.527. The van der Waals surface area contributed by atoms with E-state index in [-0.39, 0.29) is 0 Å². The third-order valence-corrected chi connectivity index (χ3v) is 2.86. The van der Waals surface area contributed by atoms with Crippen molar-refractivity contribution in [3.8, 4) is 5.75 Å². The van der Waals surface area contributed by atoms with Gasteiger partial charge in [-0.05, 0) is 50.6 Å². The maximum absolute atomic E-state index is 5.82. The van der Waals surface area contributed by atoms with Crippen molar-refractivity contribution in [3.63, 3.8) is 0 Å². The molecule has 0 saturated carbocycles. The fourth-order valence-corrected chi connectivity index (χ4v) is 1.98. The Hall–Kier alpha value is -1.97. The predicted octanol–water partition coefficient (Wildman–Crippen LogP) is 2.68. The summed E-state index contributed by atoms with van der Waals surface area (Å²) < 4.78 is 7.78. The molecule has 0 aliphatic heterocycles. The topological polar surface area (TPSA) is 53.1 Å². The average Bonchev–Trinajstić information content (AvgIpc) is 2.68. The molecule has 0 radical (unpaired) electrons. The van der Waals surface area contributed by atoms with E-state index < -0.39 is 0 Å². The predicted molar refractivity (Wildman–Crippen MR) is 72.6 cm³/mol. The Morgan fingerprint density at radius 2 is 2.06 bits per heavy atom. The molecule has 4 nitrogen and oxygen atoms in total. The van der Waals surface area contributed by atoms with Crippen molar-refractivity contribution in [1.82, 2.24) is 9.78 Å². The first kappa shape index (κ1) is 12.5. The second-order valence-electron chi connectivity index (χ2n) is 4.41. The summed E-state index contributed by atoms with van der Waals surface area (Å²) >= 11 is 0. The van der Waals surface area contributed by atoms with Gasteiger partial charge in [-0.1, -0.05) is 0 Å². The standard InChI is InChI=1S/C14H19N3O/c1-4-17-13(8-11(3)16-17)9-18-14-6-5-12(15)7-10(14)2/h5-8H,4,9,15H2,1-3H3. The normalized spacial score (nSPS) is 10.6. The van der Waals surface area contributed by atoms with Crippen molar-refractivity contribution in [2.75, 3.05) is 5.73 Å². The second kappa shape index (κ2) is 5.12. The smallest absolute Gasteiger partial charge is 0.130 e. The SMILES string of the molecule is CCn1nc(C)cc1COc1ccc(N)cc1C. The number of hydrogen-bond donors (Lipinski definition) is 1. The highest BCUT2D eigenvalue weighted by Gasteiger charge is 2.06. The van der Waals surface area contributed by atoms with E-state index in [1.54, 1.807) is 0 Å². The highest BCUT2D eigenvalue weighted by atomic mass is 16.5. The quantitative estimate of drug-likeness (QED) is 0.842. The largest absolute Gasteiger partial charge is 0.487 e. The molecular weight excluding hydrogens is 226 g/mol. The molecule has 4 heteroatoms. The van der Waals surface area contributed by atoms with E-state index >= 15 is 0 Å². The van der Waals surface area contributed by atoms with Crippen molar-refractivity contribution in [1.29, 1.82) is 0 Å². The number of aryl methyl sites for hydroxylation is 3. The van der Waals surface area contributed by atoms with E-state index in [1.807, 2.05) is 36.7 Å². The minimum Gasteiger partial charge on any atom is -0.487 e. The zero-order chi connectivity index (χ0) is 13.1. The maximum atomic E-state index is 5.82. The third-order valence-electron chi connectivity index (χ3n) is 2.86. The Labute approximate surface area is 107 Å². The number of nitrogens with two attached hydrogens (primary N) is 1. The van der Waals surface area contributed by atoms with Gasteiger partial charge >= 0.3 is 0 Å². The molecule has 0 fully saturated rings. The molecule has 0 atom stereocenters. The van der Waals surface area contributed by atoms with Gasteiger partial charge in [0.2, 0.25) is 0 Å². The molecule has 2 rings (SSSR count). The summed E-state index contributed by atoms with van der Waals surface area (Å²) in [5.41, 5.74) is 9.63. The van der Waals surface area contributed by atoms with Crippen molar-refractivity contribution >= 4 is 5.69 Å². The summed E-state index contributed by atoms with van der Waals surface area (Å²) in [6.07, 6.45) is 0. The molecule has 0 amide bonds. The molecule has 0 bridgehead atoms. The summed E-state index contributed by atoms with van der Waals surface area (Å²) in [4.78, 5) is 0. The zero-order valence-electron chi connectivity index (χ0n) is 11.1. The van der Waals surface area contributed by atoms with E-state index in [0.29, 0.717) is 6.61 Å². The zero-order valence-corrected chi connectivity index (χ0v) is 11.1. The first-order valence-corrected chi connectivity index (χ1v) is 6.12. The fraction of sp³-hybridized carbons (Fsp3) is 0.357. The molecule has 96 valence electrons. The number of nitrogen functional groups attached to an aromatic ring is 1. The molecule has 0 saturated heterocycles. The molecule has 2 N–H and O–H groups in total. The lowest BCUT2D eigenvalue weighted by molar-refractivity contribution is 0.290. The van der Waals surface area contributed by atoms with E-state index in [9.17, 15) is 0 Å². The lowest BCUT2D eigenvalue weighted by atomic mass is 10.2. The molecule has 18 heavy (non-hydrogen) atoms. The number of anilines is 1. The molecule has 1 heterocycles. The van der Waals surface area contributed by atoms with E-state index in [4.69, 9.17) is 10.5 Å². The van der Waals surface area contributed by atoms with Crippen LogP contribution in [0.15, 0.2) is 24.3 Å². The van der Waals surface area contributed by atoms with Gasteiger partial charge in [-0.15, -0.1) is 0 Å². The van der Waals surface area contributed by atoms with Gasteiger partial charge in [-0.3, -0.25) is 4.68 Å². The molecule has 0 spiro atoms. The highest BCUT2D eigenvalue weighted by Crippen LogP contribution is 2.21. The van der Waals surface area contributed by atoms with E-state index in [1.165, 1.54) is 0 Å². The molecular formula is C14H19N3O. The van der Waals surface area contributed by atoms with Crippen LogP contribution in [0.3, 0.4) is 0 Å². The monoisotopic (exact) mass is 245 g/mol. The summed E-state index contributed by atoms with van der Waals surface area (Å²) in [5, 5.41) is 4.39. The van der Waals surface area contributed by atoms with Crippen LogP contribution in [0.4, 0.5) is 5.69 Å². The van der Waals surface area contributed by atoms with Gasteiger partial charge in [0.1, 0.15) is 12.4 Å². The van der Waals surface area contributed by atoms with Crippen molar-refractivity contribution in [2.45, 2.75) is 33.9 Å². The molecule has 0 aliphatic carbocycles.